The molecule has 8 heteroatoms. The van der Waals surface area contributed by atoms with E-state index in [4.69, 9.17) is 30.5 Å². The minimum absolute atomic E-state index is 0.432. The van der Waals surface area contributed by atoms with Gasteiger partial charge < -0.3 is 24.3 Å². The number of anilines is 1. The lowest BCUT2D eigenvalue weighted by atomic mass is 10.1. The number of carbonyl (C=O) groups excluding carboxylic acids is 2. The Bertz CT molecular complexity index is 926. The number of carbonyl (C=O) groups is 2. The normalized spacial score (nSPS) is 10.5. The van der Waals surface area contributed by atoms with Gasteiger partial charge in [-0.3, -0.25) is 4.79 Å². The largest absolute Gasteiger partial charge is 0.496 e. The highest BCUT2D eigenvalue weighted by Gasteiger charge is 2.12. The van der Waals surface area contributed by atoms with Gasteiger partial charge in [0.25, 0.3) is 5.91 Å². The second kappa shape index (κ2) is 10.4. The summed E-state index contributed by atoms with van der Waals surface area (Å²) < 4.78 is 20.7. The van der Waals surface area contributed by atoms with Gasteiger partial charge in [0.2, 0.25) is 0 Å². The van der Waals surface area contributed by atoms with E-state index in [1.807, 2.05) is 0 Å². The van der Waals surface area contributed by atoms with Crippen molar-refractivity contribution in [2.24, 2.45) is 0 Å². The maximum Gasteiger partial charge on any atom is 0.331 e. The zero-order valence-corrected chi connectivity index (χ0v) is 17.3. The predicted molar refractivity (Wildman–Crippen MR) is 111 cm³/mol. The monoisotopic (exact) mass is 419 g/mol. The van der Waals surface area contributed by atoms with E-state index >= 15 is 0 Å². The van der Waals surface area contributed by atoms with E-state index in [9.17, 15) is 9.59 Å². The van der Waals surface area contributed by atoms with Gasteiger partial charge in [0.1, 0.15) is 5.75 Å². The van der Waals surface area contributed by atoms with E-state index in [0.717, 1.165) is 5.56 Å². The standard InChI is InChI=1S/C21H22ClNO6/c1-13-15(22)6-5-7-16(13)23-20(24)12-29-21(25)9-8-14-10-18(27-3)19(28-4)11-17(14)26-2/h5-11H,12H2,1-4H3,(H,23,24)/b9-8+. The Kier molecular flexibility index (Phi) is 7.91. The Balaban J connectivity index is 1.99. The number of methoxy groups -OCH3 is 3. The highest BCUT2D eigenvalue weighted by molar-refractivity contribution is 6.31. The Labute approximate surface area is 174 Å². The van der Waals surface area contributed by atoms with E-state index < -0.39 is 18.5 Å². The van der Waals surface area contributed by atoms with E-state index in [-0.39, 0.29) is 0 Å². The molecule has 0 heterocycles. The van der Waals surface area contributed by atoms with Gasteiger partial charge in [-0.2, -0.15) is 0 Å². The molecule has 0 unspecified atom stereocenters. The van der Waals surface area contributed by atoms with Gasteiger partial charge >= 0.3 is 5.97 Å². The molecule has 0 aliphatic rings. The van der Waals surface area contributed by atoms with Gasteiger partial charge in [-0.25, -0.2) is 4.79 Å². The zero-order valence-electron chi connectivity index (χ0n) is 16.6. The average Bonchev–Trinajstić information content (AvgIpc) is 2.73. The molecular weight excluding hydrogens is 398 g/mol. The van der Waals surface area contributed by atoms with Gasteiger partial charge in [-0.1, -0.05) is 17.7 Å². The lowest BCUT2D eigenvalue weighted by Crippen LogP contribution is -2.20. The van der Waals surface area contributed by atoms with Crippen LogP contribution in [0.1, 0.15) is 11.1 Å². The van der Waals surface area contributed by atoms with E-state index in [0.29, 0.717) is 33.5 Å². The van der Waals surface area contributed by atoms with Crippen LogP contribution < -0.4 is 19.5 Å². The quantitative estimate of drug-likeness (QED) is 0.516. The zero-order chi connectivity index (χ0) is 21.4. The molecule has 0 saturated carbocycles. The van der Waals surface area contributed by atoms with Gasteiger partial charge in [0, 0.05) is 28.4 Å². The summed E-state index contributed by atoms with van der Waals surface area (Å²) in [6.45, 7) is 1.35. The summed E-state index contributed by atoms with van der Waals surface area (Å²) >= 11 is 6.02. The van der Waals surface area contributed by atoms with Crippen LogP contribution in [0.15, 0.2) is 36.4 Å². The molecule has 0 aliphatic heterocycles. The first-order valence-corrected chi connectivity index (χ1v) is 8.97. The number of halogens is 1. The number of hydrogen-bond acceptors (Lipinski definition) is 6. The van der Waals surface area contributed by atoms with Crippen LogP contribution in [0.4, 0.5) is 5.69 Å². The molecule has 0 aliphatic carbocycles. The number of amides is 1. The number of hydrogen-bond donors (Lipinski definition) is 1. The van der Waals surface area contributed by atoms with Crippen LogP contribution in [0, 0.1) is 6.92 Å². The molecule has 0 saturated heterocycles. The van der Waals surface area contributed by atoms with E-state index in [1.54, 1.807) is 37.3 Å². The molecule has 2 aromatic carbocycles. The van der Waals surface area contributed by atoms with E-state index in [2.05, 4.69) is 5.32 Å². The van der Waals surface area contributed by atoms with E-state index in [1.165, 1.54) is 33.5 Å². The third-order valence-electron chi connectivity index (χ3n) is 4.02. The molecule has 7 nitrogen and oxygen atoms in total. The van der Waals surface area contributed by atoms with Gasteiger partial charge in [0.05, 0.1) is 21.3 Å². The van der Waals surface area contributed by atoms with Crippen LogP contribution in [0.3, 0.4) is 0 Å². The molecule has 29 heavy (non-hydrogen) atoms. The van der Waals surface area contributed by atoms with Crippen LogP contribution in [-0.4, -0.2) is 39.8 Å². The fraction of sp³-hybridized carbons (Fsp3) is 0.238. The first-order valence-electron chi connectivity index (χ1n) is 8.59. The topological polar surface area (TPSA) is 83.1 Å². The predicted octanol–water partition coefficient (Wildman–Crippen LogP) is 3.87. The minimum Gasteiger partial charge on any atom is -0.496 e. The first kappa shape index (κ1) is 22.1. The van der Waals surface area contributed by atoms with Crippen molar-refractivity contribution in [3.8, 4) is 17.2 Å². The van der Waals surface area contributed by atoms with Crippen molar-refractivity contribution in [2.45, 2.75) is 6.92 Å². The Morgan fingerprint density at radius 2 is 1.69 bits per heavy atom. The van der Waals surface area contributed by atoms with Crippen LogP contribution in [0.5, 0.6) is 17.2 Å². The number of benzene rings is 2. The molecule has 0 bridgehead atoms. The number of rotatable bonds is 8. The van der Waals surface area contributed by atoms with Gasteiger partial charge in [-0.15, -0.1) is 0 Å². The number of esters is 1. The molecule has 1 N–H and O–H groups in total. The molecule has 154 valence electrons. The molecule has 0 atom stereocenters. The highest BCUT2D eigenvalue weighted by Crippen LogP contribution is 2.35. The second-order valence-corrected chi connectivity index (χ2v) is 6.26. The maximum absolute atomic E-state index is 12.0. The smallest absolute Gasteiger partial charge is 0.331 e. The van der Waals surface area contributed by atoms with Gasteiger partial charge in [-0.05, 0) is 36.8 Å². The van der Waals surface area contributed by atoms with Crippen molar-refractivity contribution in [2.75, 3.05) is 33.3 Å². The summed E-state index contributed by atoms with van der Waals surface area (Å²) in [5, 5.41) is 3.18. The molecule has 0 radical (unpaired) electrons. The van der Waals surface area contributed by atoms with Crippen molar-refractivity contribution < 1.29 is 28.5 Å². The Morgan fingerprint density at radius 3 is 2.34 bits per heavy atom. The fourth-order valence-corrected chi connectivity index (χ4v) is 2.63. The molecule has 2 aromatic rings. The second-order valence-electron chi connectivity index (χ2n) is 5.85. The lowest BCUT2D eigenvalue weighted by Gasteiger charge is -2.12. The summed E-state index contributed by atoms with van der Waals surface area (Å²) in [5.74, 6) is 0.316. The Hall–Kier alpha value is -3.19. The summed E-state index contributed by atoms with van der Waals surface area (Å²) in [5.41, 5.74) is 1.87. The van der Waals surface area contributed by atoms with Crippen LogP contribution >= 0.6 is 11.6 Å². The SMILES string of the molecule is COc1cc(OC)c(OC)cc1/C=C/C(=O)OCC(=O)Nc1cccc(Cl)c1C. The summed E-state index contributed by atoms with van der Waals surface area (Å²) in [6.07, 6.45) is 2.70. The highest BCUT2D eigenvalue weighted by atomic mass is 35.5. The third kappa shape index (κ3) is 5.89. The molecule has 0 aromatic heterocycles. The Morgan fingerprint density at radius 1 is 1.03 bits per heavy atom. The van der Waals surface area contributed by atoms with Crippen molar-refractivity contribution in [1.82, 2.24) is 0 Å². The summed E-state index contributed by atoms with van der Waals surface area (Å²) in [4.78, 5) is 24.0. The average molecular weight is 420 g/mol. The third-order valence-corrected chi connectivity index (χ3v) is 4.43. The summed E-state index contributed by atoms with van der Waals surface area (Å²) in [7, 11) is 4.52. The molecule has 0 fully saturated rings. The van der Waals surface area contributed by atoms with Crippen LogP contribution in [0.25, 0.3) is 6.08 Å². The summed E-state index contributed by atoms with van der Waals surface area (Å²) in [6, 6.07) is 8.46. The maximum atomic E-state index is 12.0. The van der Waals surface area contributed by atoms with Crippen molar-refractivity contribution in [3.05, 3.63) is 52.6 Å². The molecule has 2 rings (SSSR count). The van der Waals surface area contributed by atoms with Crippen molar-refractivity contribution in [1.29, 1.82) is 0 Å². The van der Waals surface area contributed by atoms with Crippen LogP contribution in [-0.2, 0) is 14.3 Å². The lowest BCUT2D eigenvalue weighted by molar-refractivity contribution is -0.142. The number of ether oxygens (including phenoxy) is 4. The molecule has 0 spiro atoms. The minimum atomic E-state index is -0.681. The van der Waals surface area contributed by atoms with Crippen molar-refractivity contribution in [3.63, 3.8) is 0 Å². The molecule has 1 amide bonds. The van der Waals surface area contributed by atoms with Crippen LogP contribution in [0.2, 0.25) is 5.02 Å². The fourth-order valence-electron chi connectivity index (χ4n) is 2.45. The first-order chi connectivity index (χ1) is 13.9. The van der Waals surface area contributed by atoms with Gasteiger partial charge in [0.15, 0.2) is 18.1 Å². The number of nitrogens with one attached hydrogen (secondary N) is 1. The van der Waals surface area contributed by atoms with Crippen molar-refractivity contribution >= 4 is 35.2 Å². The molecular formula is C21H22ClNO6.